The van der Waals surface area contributed by atoms with Gasteiger partial charge >= 0.3 is 6.03 Å². The summed E-state index contributed by atoms with van der Waals surface area (Å²) < 4.78 is 5.58. The molecule has 0 saturated heterocycles. The fraction of sp³-hybridized carbons (Fsp3) is 0.107. The number of nitrogens with one attached hydrogen (secondary N) is 1. The fourth-order valence-corrected chi connectivity index (χ4v) is 3.97. The zero-order valence-electron chi connectivity index (χ0n) is 18.3. The van der Waals surface area contributed by atoms with Gasteiger partial charge in [0.1, 0.15) is 5.75 Å². The van der Waals surface area contributed by atoms with Crippen molar-refractivity contribution in [3.05, 3.63) is 131 Å². The number of halogens is 1. The highest BCUT2D eigenvalue weighted by Crippen LogP contribution is 2.32. The SMILES string of the molecule is COc1ccccc1CN(C(=O)Nc1ccc(Cl)cc1)C(c1ccccc1)c1ccccc1. The van der Waals surface area contributed by atoms with E-state index in [-0.39, 0.29) is 12.1 Å². The number of rotatable bonds is 7. The molecule has 0 aliphatic rings. The first-order valence-corrected chi connectivity index (χ1v) is 11.1. The van der Waals surface area contributed by atoms with Crippen LogP contribution >= 0.6 is 11.6 Å². The van der Waals surface area contributed by atoms with Gasteiger partial charge in [-0.3, -0.25) is 0 Å². The second-order valence-electron chi connectivity index (χ2n) is 7.60. The van der Waals surface area contributed by atoms with Crippen LogP contribution in [-0.2, 0) is 6.54 Å². The highest BCUT2D eigenvalue weighted by Gasteiger charge is 2.28. The standard InChI is InChI=1S/C28H25ClN2O2/c1-33-26-15-9-8-14-23(26)20-31(28(32)30-25-18-16-24(29)17-19-25)27(21-10-4-2-5-11-21)22-12-6-3-7-13-22/h2-19,27H,20H2,1H3,(H,30,32). The lowest BCUT2D eigenvalue weighted by Gasteiger charge is -2.33. The molecule has 4 aromatic carbocycles. The number of nitrogens with zero attached hydrogens (tertiary/aromatic N) is 1. The van der Waals surface area contributed by atoms with Crippen LogP contribution in [0.1, 0.15) is 22.7 Å². The van der Waals surface area contributed by atoms with Crippen molar-refractivity contribution >= 4 is 23.3 Å². The molecule has 166 valence electrons. The first-order valence-electron chi connectivity index (χ1n) is 10.7. The van der Waals surface area contributed by atoms with Crippen LogP contribution in [0.25, 0.3) is 0 Å². The lowest BCUT2D eigenvalue weighted by molar-refractivity contribution is 0.193. The third-order valence-electron chi connectivity index (χ3n) is 5.43. The topological polar surface area (TPSA) is 41.6 Å². The maximum Gasteiger partial charge on any atom is 0.322 e. The average Bonchev–Trinajstić information content (AvgIpc) is 2.86. The van der Waals surface area contributed by atoms with Crippen molar-refractivity contribution < 1.29 is 9.53 Å². The Hall–Kier alpha value is -3.76. The molecule has 0 aromatic heterocycles. The number of anilines is 1. The minimum Gasteiger partial charge on any atom is -0.496 e. The summed E-state index contributed by atoms with van der Waals surface area (Å²) in [6.45, 7) is 0.359. The summed E-state index contributed by atoms with van der Waals surface area (Å²) in [5.41, 5.74) is 3.63. The minimum atomic E-state index is -0.301. The maximum absolute atomic E-state index is 13.7. The van der Waals surface area contributed by atoms with Crippen LogP contribution in [-0.4, -0.2) is 18.0 Å². The molecule has 2 amide bonds. The Balaban J connectivity index is 1.78. The number of benzene rings is 4. The molecule has 4 rings (SSSR count). The molecule has 0 fully saturated rings. The first kappa shape index (κ1) is 22.4. The molecule has 5 heteroatoms. The molecular formula is C28H25ClN2O2. The van der Waals surface area contributed by atoms with Gasteiger partial charge in [-0.2, -0.15) is 0 Å². The van der Waals surface area contributed by atoms with Crippen molar-refractivity contribution in [3.8, 4) is 5.75 Å². The Labute approximate surface area is 199 Å². The van der Waals surface area contributed by atoms with Crippen molar-refractivity contribution in [2.45, 2.75) is 12.6 Å². The Bertz CT molecular complexity index is 1140. The Morgan fingerprint density at radius 2 is 1.36 bits per heavy atom. The molecule has 4 nitrogen and oxygen atoms in total. The molecule has 0 atom stereocenters. The van der Waals surface area contributed by atoms with Crippen molar-refractivity contribution in [2.75, 3.05) is 12.4 Å². The van der Waals surface area contributed by atoms with Crippen molar-refractivity contribution in [1.82, 2.24) is 4.90 Å². The normalized spacial score (nSPS) is 10.6. The molecule has 0 unspecified atom stereocenters. The summed E-state index contributed by atoms with van der Waals surface area (Å²) >= 11 is 6.02. The van der Waals surface area contributed by atoms with Crippen LogP contribution in [0, 0.1) is 0 Å². The van der Waals surface area contributed by atoms with E-state index in [4.69, 9.17) is 16.3 Å². The molecule has 0 bridgehead atoms. The zero-order chi connectivity index (χ0) is 23.0. The van der Waals surface area contributed by atoms with Gasteiger partial charge in [0.2, 0.25) is 0 Å². The van der Waals surface area contributed by atoms with Crippen LogP contribution in [0.2, 0.25) is 5.02 Å². The Morgan fingerprint density at radius 3 is 1.94 bits per heavy atom. The van der Waals surface area contributed by atoms with Crippen LogP contribution in [0.3, 0.4) is 0 Å². The number of carbonyl (C=O) groups is 1. The van der Waals surface area contributed by atoms with Crippen LogP contribution in [0.5, 0.6) is 5.75 Å². The van der Waals surface area contributed by atoms with E-state index in [0.29, 0.717) is 17.3 Å². The van der Waals surface area contributed by atoms with Gasteiger partial charge in [0.15, 0.2) is 0 Å². The number of urea groups is 1. The molecular weight excluding hydrogens is 432 g/mol. The number of hydrogen-bond donors (Lipinski definition) is 1. The molecule has 0 heterocycles. The van der Waals surface area contributed by atoms with Gasteiger partial charge in [0.05, 0.1) is 19.7 Å². The summed E-state index contributed by atoms with van der Waals surface area (Å²) in [6, 6.07) is 34.4. The van der Waals surface area contributed by atoms with Gasteiger partial charge in [-0.25, -0.2) is 4.79 Å². The van der Waals surface area contributed by atoms with Crippen LogP contribution in [0.15, 0.2) is 109 Å². The highest BCUT2D eigenvalue weighted by molar-refractivity contribution is 6.30. The van der Waals surface area contributed by atoms with Gasteiger partial charge in [-0.1, -0.05) is 90.5 Å². The van der Waals surface area contributed by atoms with E-state index in [9.17, 15) is 4.79 Å². The lowest BCUT2D eigenvalue weighted by Crippen LogP contribution is -2.38. The third kappa shape index (κ3) is 5.54. The average molecular weight is 457 g/mol. The van der Waals surface area contributed by atoms with E-state index in [0.717, 1.165) is 22.4 Å². The van der Waals surface area contributed by atoms with Gasteiger partial charge in [0, 0.05) is 16.3 Å². The predicted octanol–water partition coefficient (Wildman–Crippen LogP) is 7.17. The molecule has 4 aromatic rings. The van der Waals surface area contributed by atoms with E-state index in [2.05, 4.69) is 5.32 Å². The van der Waals surface area contributed by atoms with Gasteiger partial charge < -0.3 is 15.0 Å². The van der Waals surface area contributed by atoms with E-state index >= 15 is 0 Å². The number of amides is 2. The number of carbonyl (C=O) groups excluding carboxylic acids is 1. The fourth-order valence-electron chi connectivity index (χ4n) is 3.85. The molecule has 0 radical (unpaired) electrons. The quantitative estimate of drug-likeness (QED) is 0.320. The summed E-state index contributed by atoms with van der Waals surface area (Å²) in [5, 5.41) is 3.65. The molecule has 33 heavy (non-hydrogen) atoms. The smallest absolute Gasteiger partial charge is 0.322 e. The molecule has 0 saturated carbocycles. The van der Waals surface area contributed by atoms with Crippen LogP contribution < -0.4 is 10.1 Å². The zero-order valence-corrected chi connectivity index (χ0v) is 19.1. The van der Waals surface area contributed by atoms with Crippen molar-refractivity contribution in [2.24, 2.45) is 0 Å². The number of methoxy groups -OCH3 is 1. The summed E-state index contributed by atoms with van der Waals surface area (Å²) in [4.78, 5) is 15.6. The molecule has 0 aliphatic heterocycles. The van der Waals surface area contributed by atoms with E-state index in [1.165, 1.54) is 0 Å². The van der Waals surface area contributed by atoms with Gasteiger partial charge in [0.25, 0.3) is 0 Å². The molecule has 0 spiro atoms. The monoisotopic (exact) mass is 456 g/mol. The summed E-state index contributed by atoms with van der Waals surface area (Å²) in [7, 11) is 1.64. The van der Waals surface area contributed by atoms with Gasteiger partial charge in [-0.15, -0.1) is 0 Å². The maximum atomic E-state index is 13.7. The van der Waals surface area contributed by atoms with E-state index < -0.39 is 0 Å². The molecule has 0 aliphatic carbocycles. The minimum absolute atomic E-state index is 0.221. The summed E-state index contributed by atoms with van der Waals surface area (Å²) in [6.07, 6.45) is 0. The van der Waals surface area contributed by atoms with Crippen molar-refractivity contribution in [3.63, 3.8) is 0 Å². The second-order valence-corrected chi connectivity index (χ2v) is 8.04. The third-order valence-corrected chi connectivity index (χ3v) is 5.68. The largest absolute Gasteiger partial charge is 0.496 e. The van der Waals surface area contributed by atoms with Crippen molar-refractivity contribution in [1.29, 1.82) is 0 Å². The van der Waals surface area contributed by atoms with E-state index in [1.807, 2.05) is 89.8 Å². The summed E-state index contributed by atoms with van der Waals surface area (Å²) in [5.74, 6) is 0.738. The predicted molar refractivity (Wildman–Crippen MR) is 134 cm³/mol. The lowest BCUT2D eigenvalue weighted by atomic mass is 9.96. The number of para-hydroxylation sites is 1. The van der Waals surface area contributed by atoms with Gasteiger partial charge in [-0.05, 0) is 41.5 Å². The number of ether oxygens (including phenoxy) is 1. The Morgan fingerprint density at radius 1 is 0.818 bits per heavy atom. The number of hydrogen-bond acceptors (Lipinski definition) is 2. The first-order chi connectivity index (χ1) is 16.2. The van der Waals surface area contributed by atoms with E-state index in [1.54, 1.807) is 31.4 Å². The Kier molecular flexibility index (Phi) is 7.28. The second kappa shape index (κ2) is 10.7. The highest BCUT2D eigenvalue weighted by atomic mass is 35.5. The van der Waals surface area contributed by atoms with Crippen LogP contribution in [0.4, 0.5) is 10.5 Å². The molecule has 1 N–H and O–H groups in total.